The topological polar surface area (TPSA) is 38.0 Å². The van der Waals surface area contributed by atoms with Crippen molar-refractivity contribution in [3.05, 3.63) is 18.2 Å². The summed E-state index contributed by atoms with van der Waals surface area (Å²) in [6.45, 7) is 4.45. The van der Waals surface area contributed by atoms with Crippen LogP contribution in [0.3, 0.4) is 0 Å². The molecule has 0 saturated heterocycles. The highest BCUT2D eigenvalue weighted by molar-refractivity contribution is 5.00. The number of aliphatic hydroxyl groups is 1. The average molecular weight is 208 g/mol. The van der Waals surface area contributed by atoms with Crippen molar-refractivity contribution in [1.29, 1.82) is 0 Å². The highest BCUT2D eigenvalue weighted by atomic mass is 16.3. The summed E-state index contributed by atoms with van der Waals surface area (Å²) in [6.07, 6.45) is 6.47. The molecule has 2 unspecified atom stereocenters. The van der Waals surface area contributed by atoms with Gasteiger partial charge in [0.05, 0.1) is 6.10 Å². The molecule has 0 radical (unpaired) electrons. The first-order chi connectivity index (χ1) is 7.00. The molecule has 15 heavy (non-hydrogen) atoms. The zero-order valence-corrected chi connectivity index (χ0v) is 9.77. The first-order valence-corrected chi connectivity index (χ1v) is 5.65. The third-order valence-electron chi connectivity index (χ3n) is 3.64. The van der Waals surface area contributed by atoms with Crippen LogP contribution in [0.2, 0.25) is 0 Å². The van der Waals surface area contributed by atoms with Crippen molar-refractivity contribution in [3.8, 4) is 0 Å². The molecule has 1 heterocycles. The second kappa shape index (κ2) is 3.63. The Bertz CT molecular complexity index is 343. The predicted molar refractivity (Wildman–Crippen MR) is 59.4 cm³/mol. The van der Waals surface area contributed by atoms with Crippen molar-refractivity contribution in [3.63, 3.8) is 0 Å². The Hall–Kier alpha value is -0.830. The average Bonchev–Trinajstić information content (AvgIpc) is 2.61. The Kier molecular flexibility index (Phi) is 2.59. The van der Waals surface area contributed by atoms with Crippen LogP contribution in [-0.4, -0.2) is 20.8 Å². The fourth-order valence-corrected chi connectivity index (χ4v) is 2.28. The van der Waals surface area contributed by atoms with Crippen LogP contribution in [0.1, 0.15) is 32.5 Å². The molecule has 1 N–H and O–H groups in total. The van der Waals surface area contributed by atoms with Crippen LogP contribution in [0.15, 0.2) is 12.4 Å². The molecule has 0 bridgehead atoms. The lowest BCUT2D eigenvalue weighted by Crippen LogP contribution is -2.15. The maximum Gasteiger partial charge on any atom is 0.108 e. The lowest BCUT2D eigenvalue weighted by Gasteiger charge is -2.11. The minimum absolute atomic E-state index is 0.156. The molecule has 84 valence electrons. The monoisotopic (exact) mass is 208 g/mol. The molecule has 0 aliphatic heterocycles. The van der Waals surface area contributed by atoms with Gasteiger partial charge in [-0.3, -0.25) is 0 Å². The van der Waals surface area contributed by atoms with E-state index in [0.29, 0.717) is 11.3 Å². The van der Waals surface area contributed by atoms with E-state index in [4.69, 9.17) is 0 Å². The number of rotatable bonds is 4. The van der Waals surface area contributed by atoms with E-state index >= 15 is 0 Å². The Morgan fingerprint density at radius 2 is 2.33 bits per heavy atom. The standard InChI is InChI=1S/C12H20N2O/c1-12(2)8-9(12)10(15)4-5-11-13-6-7-14(11)3/h6-7,9-10,15H,4-5,8H2,1-3H3. The van der Waals surface area contributed by atoms with Crippen LogP contribution in [0.5, 0.6) is 0 Å². The molecular formula is C12H20N2O. The number of imidazole rings is 1. The van der Waals surface area contributed by atoms with Gasteiger partial charge in [0.25, 0.3) is 0 Å². The van der Waals surface area contributed by atoms with Crippen LogP contribution in [0.25, 0.3) is 0 Å². The van der Waals surface area contributed by atoms with E-state index in [1.54, 1.807) is 0 Å². The van der Waals surface area contributed by atoms with Gasteiger partial charge < -0.3 is 9.67 Å². The molecule has 0 spiro atoms. The third kappa shape index (κ3) is 2.23. The fourth-order valence-electron chi connectivity index (χ4n) is 2.28. The van der Waals surface area contributed by atoms with Gasteiger partial charge in [-0.05, 0) is 24.2 Å². The van der Waals surface area contributed by atoms with Gasteiger partial charge in [0.15, 0.2) is 0 Å². The minimum Gasteiger partial charge on any atom is -0.393 e. The van der Waals surface area contributed by atoms with Crippen LogP contribution >= 0.6 is 0 Å². The Labute approximate surface area is 91.1 Å². The zero-order valence-electron chi connectivity index (χ0n) is 9.77. The normalized spacial score (nSPS) is 25.2. The summed E-state index contributed by atoms with van der Waals surface area (Å²) in [5, 5.41) is 9.98. The summed E-state index contributed by atoms with van der Waals surface area (Å²) in [5.41, 5.74) is 0.362. The largest absolute Gasteiger partial charge is 0.393 e. The van der Waals surface area contributed by atoms with Crippen molar-refractivity contribution in [2.75, 3.05) is 0 Å². The summed E-state index contributed by atoms with van der Waals surface area (Å²) in [7, 11) is 2.00. The van der Waals surface area contributed by atoms with E-state index in [2.05, 4.69) is 18.8 Å². The van der Waals surface area contributed by atoms with Gasteiger partial charge in [0, 0.05) is 25.9 Å². The molecule has 1 aliphatic carbocycles. The summed E-state index contributed by atoms with van der Waals surface area (Å²) in [6, 6.07) is 0. The zero-order chi connectivity index (χ0) is 11.1. The summed E-state index contributed by atoms with van der Waals surface area (Å²) in [5.74, 6) is 1.56. The van der Waals surface area contributed by atoms with Crippen molar-refractivity contribution >= 4 is 0 Å². The van der Waals surface area contributed by atoms with Crippen molar-refractivity contribution < 1.29 is 5.11 Å². The molecule has 0 aromatic carbocycles. The van der Waals surface area contributed by atoms with Gasteiger partial charge in [0.1, 0.15) is 5.82 Å². The lowest BCUT2D eigenvalue weighted by atomic mass is 10.0. The van der Waals surface area contributed by atoms with E-state index < -0.39 is 0 Å². The Balaban J connectivity index is 1.82. The molecule has 1 aromatic rings. The van der Waals surface area contributed by atoms with Crippen molar-refractivity contribution in [2.45, 2.75) is 39.2 Å². The summed E-state index contributed by atoms with van der Waals surface area (Å²) >= 11 is 0. The molecule has 2 atom stereocenters. The number of hydrogen-bond acceptors (Lipinski definition) is 2. The maximum absolute atomic E-state index is 9.98. The van der Waals surface area contributed by atoms with E-state index in [0.717, 1.165) is 25.1 Å². The van der Waals surface area contributed by atoms with E-state index in [1.165, 1.54) is 0 Å². The number of nitrogens with zero attached hydrogens (tertiary/aromatic N) is 2. The molecule has 2 rings (SSSR count). The number of aryl methyl sites for hydroxylation is 2. The highest BCUT2D eigenvalue weighted by Gasteiger charge is 2.49. The predicted octanol–water partition coefficient (Wildman–Crippen LogP) is 1.76. The molecule has 3 nitrogen and oxygen atoms in total. The smallest absolute Gasteiger partial charge is 0.108 e. The molecule has 1 aliphatic rings. The molecular weight excluding hydrogens is 188 g/mol. The molecule has 1 aromatic heterocycles. The third-order valence-corrected chi connectivity index (χ3v) is 3.64. The van der Waals surface area contributed by atoms with Crippen LogP contribution in [0.4, 0.5) is 0 Å². The molecule has 3 heteroatoms. The lowest BCUT2D eigenvalue weighted by molar-refractivity contribution is 0.127. The van der Waals surface area contributed by atoms with Gasteiger partial charge in [-0.15, -0.1) is 0 Å². The van der Waals surface area contributed by atoms with E-state index in [9.17, 15) is 5.11 Å². The maximum atomic E-state index is 9.98. The second-order valence-electron chi connectivity index (χ2n) is 5.36. The number of aromatic nitrogens is 2. The Morgan fingerprint density at radius 3 is 2.80 bits per heavy atom. The quantitative estimate of drug-likeness (QED) is 0.818. The Morgan fingerprint density at radius 1 is 1.67 bits per heavy atom. The van der Waals surface area contributed by atoms with Gasteiger partial charge in [-0.25, -0.2) is 4.98 Å². The molecule has 1 saturated carbocycles. The van der Waals surface area contributed by atoms with E-state index in [-0.39, 0.29) is 6.10 Å². The first-order valence-electron chi connectivity index (χ1n) is 5.65. The first kappa shape index (κ1) is 10.7. The number of aliphatic hydroxyl groups excluding tert-OH is 1. The van der Waals surface area contributed by atoms with Crippen molar-refractivity contribution in [2.24, 2.45) is 18.4 Å². The highest BCUT2D eigenvalue weighted by Crippen LogP contribution is 2.54. The molecule has 1 fully saturated rings. The van der Waals surface area contributed by atoms with Crippen LogP contribution in [0, 0.1) is 11.3 Å². The summed E-state index contributed by atoms with van der Waals surface area (Å²) < 4.78 is 2.02. The number of hydrogen-bond donors (Lipinski definition) is 1. The van der Waals surface area contributed by atoms with Gasteiger partial charge >= 0.3 is 0 Å². The van der Waals surface area contributed by atoms with Crippen LogP contribution in [-0.2, 0) is 13.5 Å². The van der Waals surface area contributed by atoms with Crippen molar-refractivity contribution in [1.82, 2.24) is 9.55 Å². The molecule has 0 amide bonds. The SMILES string of the molecule is Cn1ccnc1CCC(O)C1CC1(C)C. The minimum atomic E-state index is -0.156. The fraction of sp³-hybridized carbons (Fsp3) is 0.750. The van der Waals surface area contributed by atoms with Crippen LogP contribution < -0.4 is 0 Å². The van der Waals surface area contributed by atoms with Gasteiger partial charge in [-0.2, -0.15) is 0 Å². The summed E-state index contributed by atoms with van der Waals surface area (Å²) in [4.78, 5) is 4.26. The van der Waals surface area contributed by atoms with E-state index in [1.807, 2.05) is 24.0 Å². The second-order valence-corrected chi connectivity index (χ2v) is 5.36. The van der Waals surface area contributed by atoms with Gasteiger partial charge in [0.2, 0.25) is 0 Å². The van der Waals surface area contributed by atoms with Gasteiger partial charge in [-0.1, -0.05) is 13.8 Å².